The molecule has 0 N–H and O–H groups in total. The Morgan fingerprint density at radius 3 is 1.93 bits per heavy atom. The van der Waals surface area contributed by atoms with E-state index in [0.717, 1.165) is 12.8 Å². The van der Waals surface area contributed by atoms with Crippen molar-refractivity contribution < 1.29 is 0 Å². The van der Waals surface area contributed by atoms with Gasteiger partial charge in [0.25, 0.3) is 0 Å². The molecule has 1 aromatic carbocycles. The average molecular weight is 183 g/mol. The van der Waals surface area contributed by atoms with Crippen molar-refractivity contribution in [3.05, 3.63) is 66.0 Å². The summed E-state index contributed by atoms with van der Waals surface area (Å²) in [5.74, 6) is 0. The zero-order valence-corrected chi connectivity index (χ0v) is 8.06. The van der Waals surface area contributed by atoms with E-state index in [9.17, 15) is 0 Å². The summed E-state index contributed by atoms with van der Waals surface area (Å²) >= 11 is 0. The SMILES string of the molecule is c1ccc(CCc2ccncc2)cc1. The number of hydrogen-bond acceptors (Lipinski definition) is 1. The standard InChI is InChI=1S/C13H13N/c1-2-4-12(5-3-1)6-7-13-8-10-14-11-9-13/h1-5,8-11H,6-7H2. The largest absolute Gasteiger partial charge is 0.265 e. The Balaban J connectivity index is 1.96. The summed E-state index contributed by atoms with van der Waals surface area (Å²) in [4.78, 5) is 4.00. The van der Waals surface area contributed by atoms with E-state index in [4.69, 9.17) is 0 Å². The second kappa shape index (κ2) is 4.56. The first kappa shape index (κ1) is 8.95. The fraction of sp³-hybridized carbons (Fsp3) is 0.154. The van der Waals surface area contributed by atoms with Crippen LogP contribution in [0.15, 0.2) is 54.9 Å². The van der Waals surface area contributed by atoms with Crippen LogP contribution in [0.5, 0.6) is 0 Å². The van der Waals surface area contributed by atoms with Crippen molar-refractivity contribution in [1.82, 2.24) is 4.98 Å². The summed E-state index contributed by atoms with van der Waals surface area (Å²) in [6, 6.07) is 14.7. The smallest absolute Gasteiger partial charge is 0.0270 e. The van der Waals surface area contributed by atoms with Crippen molar-refractivity contribution in [2.24, 2.45) is 0 Å². The fourth-order valence-electron chi connectivity index (χ4n) is 1.48. The topological polar surface area (TPSA) is 12.9 Å². The van der Waals surface area contributed by atoms with E-state index in [1.165, 1.54) is 11.1 Å². The van der Waals surface area contributed by atoms with Gasteiger partial charge in [0.05, 0.1) is 0 Å². The first-order chi connectivity index (χ1) is 6.95. The predicted octanol–water partition coefficient (Wildman–Crippen LogP) is 2.87. The molecule has 1 aromatic heterocycles. The van der Waals surface area contributed by atoms with Crippen LogP contribution in [0, 0.1) is 0 Å². The number of nitrogens with zero attached hydrogens (tertiary/aromatic N) is 1. The summed E-state index contributed by atoms with van der Waals surface area (Å²) < 4.78 is 0. The van der Waals surface area contributed by atoms with E-state index in [2.05, 4.69) is 47.4 Å². The summed E-state index contributed by atoms with van der Waals surface area (Å²) in [6.07, 6.45) is 5.89. The molecule has 2 aromatic rings. The van der Waals surface area contributed by atoms with Gasteiger partial charge < -0.3 is 0 Å². The molecule has 0 unspecified atom stereocenters. The molecular formula is C13H13N. The number of pyridine rings is 1. The summed E-state index contributed by atoms with van der Waals surface area (Å²) in [5, 5.41) is 0. The quantitative estimate of drug-likeness (QED) is 0.713. The van der Waals surface area contributed by atoms with Crippen LogP contribution in [-0.2, 0) is 12.8 Å². The lowest BCUT2D eigenvalue weighted by Crippen LogP contribution is -1.90. The van der Waals surface area contributed by atoms with Gasteiger partial charge in [0.2, 0.25) is 0 Å². The van der Waals surface area contributed by atoms with Gasteiger partial charge in [0.1, 0.15) is 0 Å². The van der Waals surface area contributed by atoms with Crippen molar-refractivity contribution in [2.45, 2.75) is 12.8 Å². The van der Waals surface area contributed by atoms with Gasteiger partial charge in [-0.1, -0.05) is 30.3 Å². The highest BCUT2D eigenvalue weighted by atomic mass is 14.6. The predicted molar refractivity (Wildman–Crippen MR) is 58.1 cm³/mol. The van der Waals surface area contributed by atoms with E-state index in [1.54, 1.807) is 0 Å². The Morgan fingerprint density at radius 2 is 1.29 bits per heavy atom. The number of hydrogen-bond donors (Lipinski definition) is 0. The Bertz CT molecular complexity index is 327. The lowest BCUT2D eigenvalue weighted by molar-refractivity contribution is 0.955. The van der Waals surface area contributed by atoms with Gasteiger partial charge in [-0.3, -0.25) is 4.98 Å². The molecule has 0 amide bonds. The fourth-order valence-corrected chi connectivity index (χ4v) is 1.48. The van der Waals surface area contributed by atoms with Gasteiger partial charge in [-0.15, -0.1) is 0 Å². The second-order valence-corrected chi connectivity index (χ2v) is 3.34. The zero-order chi connectivity index (χ0) is 9.64. The van der Waals surface area contributed by atoms with E-state index in [1.807, 2.05) is 12.4 Å². The molecule has 1 heterocycles. The van der Waals surface area contributed by atoms with Gasteiger partial charge in [0, 0.05) is 12.4 Å². The normalized spacial score (nSPS) is 10.0. The molecule has 0 bridgehead atoms. The molecule has 14 heavy (non-hydrogen) atoms. The molecule has 0 atom stereocenters. The monoisotopic (exact) mass is 183 g/mol. The van der Waals surface area contributed by atoms with Crippen LogP contribution >= 0.6 is 0 Å². The minimum atomic E-state index is 1.09. The van der Waals surface area contributed by atoms with E-state index in [0.29, 0.717) is 0 Å². The number of aromatic nitrogens is 1. The van der Waals surface area contributed by atoms with Crippen LogP contribution in [0.3, 0.4) is 0 Å². The number of rotatable bonds is 3. The molecule has 2 rings (SSSR count). The molecular weight excluding hydrogens is 170 g/mol. The maximum absolute atomic E-state index is 4.00. The molecule has 70 valence electrons. The van der Waals surface area contributed by atoms with Crippen LogP contribution in [-0.4, -0.2) is 4.98 Å². The molecule has 1 heteroatoms. The summed E-state index contributed by atoms with van der Waals surface area (Å²) in [6.45, 7) is 0. The first-order valence-electron chi connectivity index (χ1n) is 4.88. The van der Waals surface area contributed by atoms with Gasteiger partial charge in [0.15, 0.2) is 0 Å². The molecule has 0 spiro atoms. The third-order valence-corrected chi connectivity index (χ3v) is 2.29. The molecule has 1 nitrogen and oxygen atoms in total. The average Bonchev–Trinajstić information content (AvgIpc) is 2.29. The lowest BCUT2D eigenvalue weighted by Gasteiger charge is -2.00. The highest BCUT2D eigenvalue weighted by Gasteiger charge is 1.93. The Hall–Kier alpha value is -1.63. The third kappa shape index (κ3) is 2.43. The second-order valence-electron chi connectivity index (χ2n) is 3.34. The number of aryl methyl sites for hydroxylation is 2. The minimum absolute atomic E-state index is 1.09. The Morgan fingerprint density at radius 1 is 0.714 bits per heavy atom. The van der Waals surface area contributed by atoms with Crippen LogP contribution in [0.2, 0.25) is 0 Å². The molecule has 0 fully saturated rings. The van der Waals surface area contributed by atoms with Crippen molar-refractivity contribution in [3.8, 4) is 0 Å². The van der Waals surface area contributed by atoms with Gasteiger partial charge in [-0.05, 0) is 36.1 Å². The van der Waals surface area contributed by atoms with Crippen LogP contribution in [0.1, 0.15) is 11.1 Å². The van der Waals surface area contributed by atoms with Crippen molar-refractivity contribution in [2.75, 3.05) is 0 Å². The summed E-state index contributed by atoms with van der Waals surface area (Å²) in [7, 11) is 0. The summed E-state index contributed by atoms with van der Waals surface area (Å²) in [5.41, 5.74) is 2.74. The van der Waals surface area contributed by atoms with Crippen molar-refractivity contribution >= 4 is 0 Å². The van der Waals surface area contributed by atoms with Gasteiger partial charge in [-0.2, -0.15) is 0 Å². The Labute approximate surface area is 84.4 Å². The van der Waals surface area contributed by atoms with Gasteiger partial charge >= 0.3 is 0 Å². The zero-order valence-electron chi connectivity index (χ0n) is 8.06. The molecule has 0 aliphatic rings. The lowest BCUT2D eigenvalue weighted by atomic mass is 10.1. The maximum Gasteiger partial charge on any atom is 0.0270 e. The van der Waals surface area contributed by atoms with E-state index < -0.39 is 0 Å². The minimum Gasteiger partial charge on any atom is -0.265 e. The van der Waals surface area contributed by atoms with Crippen molar-refractivity contribution in [3.63, 3.8) is 0 Å². The van der Waals surface area contributed by atoms with Crippen LogP contribution in [0.25, 0.3) is 0 Å². The third-order valence-electron chi connectivity index (χ3n) is 2.29. The highest BCUT2D eigenvalue weighted by Crippen LogP contribution is 2.05. The van der Waals surface area contributed by atoms with E-state index >= 15 is 0 Å². The maximum atomic E-state index is 4.00. The van der Waals surface area contributed by atoms with Crippen molar-refractivity contribution in [1.29, 1.82) is 0 Å². The first-order valence-corrected chi connectivity index (χ1v) is 4.88. The molecule has 0 aliphatic carbocycles. The Kier molecular flexibility index (Phi) is 2.92. The number of benzene rings is 1. The van der Waals surface area contributed by atoms with Gasteiger partial charge in [-0.25, -0.2) is 0 Å². The molecule has 0 saturated heterocycles. The van der Waals surface area contributed by atoms with Crippen LogP contribution in [0.4, 0.5) is 0 Å². The van der Waals surface area contributed by atoms with E-state index in [-0.39, 0.29) is 0 Å². The van der Waals surface area contributed by atoms with Crippen LogP contribution < -0.4 is 0 Å². The molecule has 0 saturated carbocycles. The molecule has 0 aliphatic heterocycles. The molecule has 0 radical (unpaired) electrons. The highest BCUT2D eigenvalue weighted by molar-refractivity contribution is 5.18.